The minimum absolute atomic E-state index is 0.0384. The molecule has 0 aromatic carbocycles. The van der Waals surface area contributed by atoms with E-state index in [1.54, 1.807) is 18.2 Å². The van der Waals surface area contributed by atoms with Crippen LogP contribution in [0.25, 0.3) is 0 Å². The number of nitrogens with one attached hydrogen (secondary N) is 1. The van der Waals surface area contributed by atoms with Gasteiger partial charge in [-0.15, -0.1) is 10.2 Å². The lowest BCUT2D eigenvalue weighted by Gasteiger charge is -2.38. The Morgan fingerprint density at radius 1 is 1.35 bits per heavy atom. The molecular weight excluding hydrogens is 316 g/mol. The van der Waals surface area contributed by atoms with Crippen LogP contribution in [0.4, 0.5) is 0 Å². The maximum Gasteiger partial charge on any atom is 0.233 e. The lowest BCUT2D eigenvalue weighted by Crippen LogP contribution is -2.51. The second-order valence-electron chi connectivity index (χ2n) is 6.60. The molecule has 1 saturated heterocycles. The molecule has 1 aromatic rings. The topological polar surface area (TPSA) is 88.3 Å². The summed E-state index contributed by atoms with van der Waals surface area (Å²) in [6.07, 6.45) is 1.51. The van der Waals surface area contributed by atoms with Crippen LogP contribution in [-0.2, 0) is 16.4 Å². The summed E-state index contributed by atoms with van der Waals surface area (Å²) in [6, 6.07) is 0.198. The molecule has 3 atom stereocenters. The van der Waals surface area contributed by atoms with Gasteiger partial charge < -0.3 is 9.73 Å². The molecule has 1 N–H and O–H groups in total. The molecule has 7 nitrogen and oxygen atoms in total. The Morgan fingerprint density at radius 2 is 2.04 bits per heavy atom. The van der Waals surface area contributed by atoms with Crippen LogP contribution >= 0.6 is 0 Å². The summed E-state index contributed by atoms with van der Waals surface area (Å²) in [6.45, 7) is 10.6. The SMILES string of the molecule is CCc1nnc([C@H](C)N[C@@H]2CCN(S(=O)(=O)C(C)C)C[C@H]2C)o1. The molecular formula is C15H28N4O3S. The van der Waals surface area contributed by atoms with Gasteiger partial charge in [-0.25, -0.2) is 12.7 Å². The van der Waals surface area contributed by atoms with Crippen molar-refractivity contribution in [1.82, 2.24) is 19.8 Å². The number of hydrogen-bond donors (Lipinski definition) is 1. The molecule has 0 saturated carbocycles. The van der Waals surface area contributed by atoms with Gasteiger partial charge in [-0.05, 0) is 33.1 Å². The standard InChI is InChI=1S/C15H28N4O3S/c1-6-14-17-18-15(22-14)12(5)16-13-7-8-19(9-11(13)4)23(20,21)10(2)3/h10-13,16H,6-9H2,1-5H3/t11-,12+,13-/m1/s1. The zero-order valence-electron chi connectivity index (χ0n) is 14.6. The van der Waals surface area contributed by atoms with Gasteiger partial charge in [-0.1, -0.05) is 13.8 Å². The van der Waals surface area contributed by atoms with Crippen molar-refractivity contribution in [2.45, 2.75) is 64.8 Å². The molecule has 0 radical (unpaired) electrons. The molecule has 1 aliphatic heterocycles. The molecule has 132 valence electrons. The van der Waals surface area contributed by atoms with Crippen LogP contribution in [0.15, 0.2) is 4.42 Å². The van der Waals surface area contributed by atoms with Crippen LogP contribution in [0.3, 0.4) is 0 Å². The van der Waals surface area contributed by atoms with Gasteiger partial charge in [0.25, 0.3) is 0 Å². The lowest BCUT2D eigenvalue weighted by atomic mass is 9.94. The molecule has 2 heterocycles. The molecule has 1 aromatic heterocycles. The Hall–Kier alpha value is -0.990. The summed E-state index contributed by atoms with van der Waals surface area (Å²) >= 11 is 0. The molecule has 0 bridgehead atoms. The van der Waals surface area contributed by atoms with Crippen molar-refractivity contribution in [2.75, 3.05) is 13.1 Å². The molecule has 0 amide bonds. The van der Waals surface area contributed by atoms with E-state index < -0.39 is 10.0 Å². The number of hydrogen-bond acceptors (Lipinski definition) is 6. The Kier molecular flexibility index (Phi) is 5.80. The molecule has 1 fully saturated rings. The smallest absolute Gasteiger partial charge is 0.233 e. The Bertz CT molecular complexity index is 614. The van der Waals surface area contributed by atoms with Crippen molar-refractivity contribution >= 4 is 10.0 Å². The third kappa shape index (κ3) is 4.10. The van der Waals surface area contributed by atoms with Gasteiger partial charge in [-0.3, -0.25) is 0 Å². The number of rotatable bonds is 6. The van der Waals surface area contributed by atoms with E-state index in [1.165, 1.54) is 0 Å². The first-order valence-corrected chi connectivity index (χ1v) is 9.83. The van der Waals surface area contributed by atoms with Gasteiger partial charge >= 0.3 is 0 Å². The first kappa shape index (κ1) is 18.4. The fourth-order valence-corrected chi connectivity index (χ4v) is 4.26. The summed E-state index contributed by atoms with van der Waals surface area (Å²) < 4.78 is 31.8. The zero-order valence-corrected chi connectivity index (χ0v) is 15.4. The highest BCUT2D eigenvalue weighted by molar-refractivity contribution is 7.89. The fraction of sp³-hybridized carbons (Fsp3) is 0.867. The highest BCUT2D eigenvalue weighted by Gasteiger charge is 2.34. The molecule has 1 aliphatic rings. The van der Waals surface area contributed by atoms with Crippen LogP contribution in [0, 0.1) is 5.92 Å². The predicted molar refractivity (Wildman–Crippen MR) is 88.4 cm³/mol. The molecule has 23 heavy (non-hydrogen) atoms. The van der Waals surface area contributed by atoms with Crippen LogP contribution in [0.5, 0.6) is 0 Å². The van der Waals surface area contributed by atoms with Crippen molar-refractivity contribution in [2.24, 2.45) is 5.92 Å². The van der Waals surface area contributed by atoms with E-state index in [0.717, 1.165) is 12.8 Å². The third-order valence-electron chi connectivity index (χ3n) is 4.44. The third-order valence-corrected chi connectivity index (χ3v) is 6.69. The average Bonchev–Trinajstić information content (AvgIpc) is 2.98. The zero-order chi connectivity index (χ0) is 17.2. The predicted octanol–water partition coefficient (Wildman–Crippen LogP) is 1.73. The van der Waals surface area contributed by atoms with E-state index in [4.69, 9.17) is 4.42 Å². The highest BCUT2D eigenvalue weighted by Crippen LogP contribution is 2.24. The van der Waals surface area contributed by atoms with Crippen LogP contribution in [0.2, 0.25) is 0 Å². The van der Waals surface area contributed by atoms with E-state index in [0.29, 0.717) is 24.9 Å². The fourth-order valence-electron chi connectivity index (χ4n) is 2.86. The van der Waals surface area contributed by atoms with Gasteiger partial charge in [0.15, 0.2) is 0 Å². The molecule has 8 heteroatoms. The average molecular weight is 344 g/mol. The summed E-state index contributed by atoms with van der Waals surface area (Å²) in [7, 11) is -3.17. The minimum Gasteiger partial charge on any atom is -0.424 e. The normalized spacial score (nSPS) is 25.0. The first-order chi connectivity index (χ1) is 10.8. The van der Waals surface area contributed by atoms with Gasteiger partial charge in [0.05, 0.1) is 11.3 Å². The Balaban J connectivity index is 1.96. The molecule has 0 unspecified atom stereocenters. The summed E-state index contributed by atoms with van der Waals surface area (Å²) in [5.74, 6) is 1.46. The maximum absolute atomic E-state index is 12.3. The number of sulfonamides is 1. The quantitative estimate of drug-likeness (QED) is 0.845. The van der Waals surface area contributed by atoms with E-state index in [2.05, 4.69) is 22.4 Å². The lowest BCUT2D eigenvalue weighted by molar-refractivity contribution is 0.202. The van der Waals surface area contributed by atoms with Crippen molar-refractivity contribution in [3.8, 4) is 0 Å². The van der Waals surface area contributed by atoms with Crippen molar-refractivity contribution in [1.29, 1.82) is 0 Å². The Labute approximate surface area is 138 Å². The Morgan fingerprint density at radius 3 is 2.57 bits per heavy atom. The summed E-state index contributed by atoms with van der Waals surface area (Å²) in [5.41, 5.74) is 0. The summed E-state index contributed by atoms with van der Waals surface area (Å²) in [5, 5.41) is 11.2. The molecule has 0 aliphatic carbocycles. The van der Waals surface area contributed by atoms with E-state index >= 15 is 0 Å². The number of nitrogens with zero attached hydrogens (tertiary/aromatic N) is 3. The largest absolute Gasteiger partial charge is 0.424 e. The number of piperidine rings is 1. The second kappa shape index (κ2) is 7.27. The van der Waals surface area contributed by atoms with Crippen LogP contribution in [-0.4, -0.2) is 47.3 Å². The van der Waals surface area contributed by atoms with Gasteiger partial charge in [0.1, 0.15) is 0 Å². The van der Waals surface area contributed by atoms with Crippen LogP contribution < -0.4 is 5.32 Å². The number of aryl methyl sites for hydroxylation is 1. The van der Waals surface area contributed by atoms with E-state index in [-0.39, 0.29) is 23.3 Å². The second-order valence-corrected chi connectivity index (χ2v) is 9.09. The number of aromatic nitrogens is 2. The van der Waals surface area contributed by atoms with Crippen LogP contribution in [0.1, 0.15) is 58.9 Å². The minimum atomic E-state index is -3.17. The van der Waals surface area contributed by atoms with Crippen molar-refractivity contribution < 1.29 is 12.8 Å². The first-order valence-electron chi connectivity index (χ1n) is 8.33. The highest BCUT2D eigenvalue weighted by atomic mass is 32.2. The summed E-state index contributed by atoms with van der Waals surface area (Å²) in [4.78, 5) is 0. The van der Waals surface area contributed by atoms with E-state index in [1.807, 2.05) is 13.8 Å². The van der Waals surface area contributed by atoms with Crippen molar-refractivity contribution in [3.63, 3.8) is 0 Å². The molecule has 0 spiro atoms. The van der Waals surface area contributed by atoms with Gasteiger partial charge in [0.2, 0.25) is 21.8 Å². The maximum atomic E-state index is 12.3. The van der Waals surface area contributed by atoms with Gasteiger partial charge in [-0.2, -0.15) is 0 Å². The van der Waals surface area contributed by atoms with E-state index in [9.17, 15) is 8.42 Å². The molecule has 2 rings (SSSR count). The van der Waals surface area contributed by atoms with Gasteiger partial charge in [0, 0.05) is 25.6 Å². The van der Waals surface area contributed by atoms with Crippen molar-refractivity contribution in [3.05, 3.63) is 11.8 Å². The monoisotopic (exact) mass is 344 g/mol.